The average Bonchev–Trinajstić information content (AvgIpc) is 2.36. The second-order valence-corrected chi connectivity index (χ2v) is 6.32. The van der Waals surface area contributed by atoms with E-state index in [1.807, 2.05) is 7.05 Å². The summed E-state index contributed by atoms with van der Waals surface area (Å²) < 4.78 is 26.7. The van der Waals surface area contributed by atoms with E-state index in [-0.39, 0.29) is 6.04 Å². The van der Waals surface area contributed by atoms with Crippen molar-refractivity contribution in [3.8, 4) is 0 Å². The van der Waals surface area contributed by atoms with Crippen LogP contribution in [0.25, 0.3) is 0 Å². The van der Waals surface area contributed by atoms with Gasteiger partial charge in [0.05, 0.1) is 0 Å². The van der Waals surface area contributed by atoms with E-state index in [4.69, 9.17) is 0 Å². The third kappa shape index (κ3) is 6.10. The van der Waals surface area contributed by atoms with Gasteiger partial charge in [-0.1, -0.05) is 13.8 Å². The summed E-state index contributed by atoms with van der Waals surface area (Å²) in [5, 5.41) is 3.16. The fraction of sp³-hybridized carbons (Fsp3) is 0.647. The first-order valence-corrected chi connectivity index (χ1v) is 7.70. The molecule has 1 rings (SSSR count). The lowest BCUT2D eigenvalue weighted by atomic mass is 10.0. The standard InChI is InChI=1S/C17H28F2N2/c1-12(2)11-21(13(3)4)7-6-17(20-5)14-8-15(18)10-16(19)9-14/h8-10,12-13,17,20H,6-7,11H2,1-5H3. The summed E-state index contributed by atoms with van der Waals surface area (Å²) in [5.74, 6) is -0.437. The van der Waals surface area contributed by atoms with Crippen molar-refractivity contribution in [1.29, 1.82) is 0 Å². The highest BCUT2D eigenvalue weighted by atomic mass is 19.1. The first-order valence-electron chi connectivity index (χ1n) is 7.70. The lowest BCUT2D eigenvalue weighted by Gasteiger charge is -2.30. The summed E-state index contributed by atoms with van der Waals surface area (Å²) >= 11 is 0. The molecular weight excluding hydrogens is 270 g/mol. The van der Waals surface area contributed by atoms with E-state index in [1.165, 1.54) is 12.1 Å². The minimum Gasteiger partial charge on any atom is -0.313 e. The maximum Gasteiger partial charge on any atom is 0.126 e. The third-order valence-corrected chi connectivity index (χ3v) is 3.67. The van der Waals surface area contributed by atoms with E-state index in [2.05, 4.69) is 37.9 Å². The predicted octanol–water partition coefficient (Wildman–Crippen LogP) is 3.98. The number of halogens is 2. The van der Waals surface area contributed by atoms with Gasteiger partial charge in [0.2, 0.25) is 0 Å². The van der Waals surface area contributed by atoms with Crippen LogP contribution in [0.1, 0.15) is 45.7 Å². The second-order valence-electron chi connectivity index (χ2n) is 6.32. The van der Waals surface area contributed by atoms with Crippen LogP contribution in [0.5, 0.6) is 0 Å². The molecule has 0 fully saturated rings. The Morgan fingerprint density at radius 3 is 2.05 bits per heavy atom. The van der Waals surface area contributed by atoms with Gasteiger partial charge in [0.1, 0.15) is 11.6 Å². The SMILES string of the molecule is CNC(CCN(CC(C)C)C(C)C)c1cc(F)cc(F)c1. The molecule has 0 amide bonds. The number of nitrogens with zero attached hydrogens (tertiary/aromatic N) is 1. The molecule has 1 unspecified atom stereocenters. The number of benzene rings is 1. The summed E-state index contributed by atoms with van der Waals surface area (Å²) in [7, 11) is 1.83. The number of nitrogens with one attached hydrogen (secondary N) is 1. The van der Waals surface area contributed by atoms with Crippen molar-refractivity contribution in [3.63, 3.8) is 0 Å². The summed E-state index contributed by atoms with van der Waals surface area (Å²) in [4.78, 5) is 2.41. The molecule has 0 bridgehead atoms. The Hall–Kier alpha value is -1.00. The van der Waals surface area contributed by atoms with Crippen molar-refractivity contribution < 1.29 is 8.78 Å². The lowest BCUT2D eigenvalue weighted by Crippen LogP contribution is -2.36. The fourth-order valence-corrected chi connectivity index (χ4v) is 2.58. The first-order chi connectivity index (χ1) is 9.83. The van der Waals surface area contributed by atoms with Crippen molar-refractivity contribution >= 4 is 0 Å². The van der Waals surface area contributed by atoms with Crippen LogP contribution in [0, 0.1) is 17.6 Å². The zero-order chi connectivity index (χ0) is 16.0. The summed E-state index contributed by atoms with van der Waals surface area (Å²) in [6, 6.07) is 4.16. The monoisotopic (exact) mass is 298 g/mol. The van der Waals surface area contributed by atoms with Crippen LogP contribution in [0.4, 0.5) is 8.78 Å². The van der Waals surface area contributed by atoms with E-state index >= 15 is 0 Å². The van der Waals surface area contributed by atoms with Crippen molar-refractivity contribution in [3.05, 3.63) is 35.4 Å². The molecule has 0 saturated carbocycles. The first kappa shape index (κ1) is 18.1. The van der Waals surface area contributed by atoms with E-state index in [1.54, 1.807) is 0 Å². The topological polar surface area (TPSA) is 15.3 Å². The largest absolute Gasteiger partial charge is 0.313 e. The van der Waals surface area contributed by atoms with E-state index in [0.717, 1.165) is 25.6 Å². The molecule has 0 saturated heterocycles. The quantitative estimate of drug-likeness (QED) is 0.781. The Labute approximate surface area is 127 Å². The molecule has 1 aromatic rings. The van der Waals surface area contributed by atoms with Gasteiger partial charge in [-0.2, -0.15) is 0 Å². The van der Waals surface area contributed by atoms with Crippen LogP contribution >= 0.6 is 0 Å². The Bertz CT molecular complexity index is 413. The van der Waals surface area contributed by atoms with Crippen molar-refractivity contribution in [2.24, 2.45) is 5.92 Å². The number of hydrogen-bond donors (Lipinski definition) is 1. The molecule has 0 aliphatic heterocycles. The number of hydrogen-bond acceptors (Lipinski definition) is 2. The maximum atomic E-state index is 13.3. The Morgan fingerprint density at radius 2 is 1.62 bits per heavy atom. The highest BCUT2D eigenvalue weighted by Crippen LogP contribution is 2.20. The predicted molar refractivity (Wildman–Crippen MR) is 84.3 cm³/mol. The average molecular weight is 298 g/mol. The minimum absolute atomic E-state index is 0.0383. The van der Waals surface area contributed by atoms with E-state index < -0.39 is 11.6 Å². The zero-order valence-corrected chi connectivity index (χ0v) is 13.8. The molecule has 4 heteroatoms. The highest BCUT2D eigenvalue weighted by Gasteiger charge is 2.16. The molecule has 1 N–H and O–H groups in total. The van der Waals surface area contributed by atoms with Crippen molar-refractivity contribution in [2.75, 3.05) is 20.1 Å². The van der Waals surface area contributed by atoms with Gasteiger partial charge in [0.15, 0.2) is 0 Å². The van der Waals surface area contributed by atoms with Crippen LogP contribution < -0.4 is 5.32 Å². The van der Waals surface area contributed by atoms with Crippen LogP contribution in [0.2, 0.25) is 0 Å². The van der Waals surface area contributed by atoms with Gasteiger partial charge in [-0.25, -0.2) is 8.78 Å². The number of rotatable bonds is 8. The van der Waals surface area contributed by atoms with Gasteiger partial charge < -0.3 is 10.2 Å². The Kier molecular flexibility index (Phi) is 7.26. The zero-order valence-electron chi connectivity index (χ0n) is 13.8. The smallest absolute Gasteiger partial charge is 0.126 e. The van der Waals surface area contributed by atoms with E-state index in [0.29, 0.717) is 17.5 Å². The molecule has 0 aliphatic carbocycles. The lowest BCUT2D eigenvalue weighted by molar-refractivity contribution is 0.188. The molecule has 1 aromatic carbocycles. The Balaban J connectivity index is 2.72. The van der Waals surface area contributed by atoms with Crippen LogP contribution in [0.3, 0.4) is 0 Å². The van der Waals surface area contributed by atoms with Gasteiger partial charge in [-0.15, -0.1) is 0 Å². The molecule has 0 heterocycles. The second kappa shape index (κ2) is 8.44. The van der Waals surface area contributed by atoms with Gasteiger partial charge in [-0.05, 0) is 50.9 Å². The molecule has 2 nitrogen and oxygen atoms in total. The molecule has 0 aliphatic rings. The molecule has 120 valence electrons. The van der Waals surface area contributed by atoms with Gasteiger partial charge >= 0.3 is 0 Å². The van der Waals surface area contributed by atoms with Crippen LogP contribution in [0.15, 0.2) is 18.2 Å². The van der Waals surface area contributed by atoms with Gasteiger partial charge in [0.25, 0.3) is 0 Å². The van der Waals surface area contributed by atoms with Crippen molar-refractivity contribution in [2.45, 2.75) is 46.2 Å². The molecule has 0 spiro atoms. The summed E-state index contributed by atoms with van der Waals surface area (Å²) in [6.45, 7) is 10.7. The molecule has 21 heavy (non-hydrogen) atoms. The van der Waals surface area contributed by atoms with Crippen molar-refractivity contribution in [1.82, 2.24) is 10.2 Å². The highest BCUT2D eigenvalue weighted by molar-refractivity contribution is 5.21. The third-order valence-electron chi connectivity index (χ3n) is 3.67. The molecular formula is C17H28F2N2. The van der Waals surface area contributed by atoms with Crippen LogP contribution in [-0.2, 0) is 0 Å². The fourth-order valence-electron chi connectivity index (χ4n) is 2.58. The van der Waals surface area contributed by atoms with Gasteiger partial charge in [0, 0.05) is 31.2 Å². The van der Waals surface area contributed by atoms with E-state index in [9.17, 15) is 8.78 Å². The van der Waals surface area contributed by atoms with Gasteiger partial charge in [-0.3, -0.25) is 0 Å². The molecule has 0 radical (unpaired) electrons. The molecule has 1 atom stereocenters. The molecule has 0 aromatic heterocycles. The Morgan fingerprint density at radius 1 is 1.05 bits per heavy atom. The normalized spacial score (nSPS) is 13.4. The van der Waals surface area contributed by atoms with Crippen LogP contribution in [-0.4, -0.2) is 31.1 Å². The minimum atomic E-state index is -0.520. The summed E-state index contributed by atoms with van der Waals surface area (Å²) in [5.41, 5.74) is 0.670. The maximum absolute atomic E-state index is 13.3. The summed E-state index contributed by atoms with van der Waals surface area (Å²) in [6.07, 6.45) is 0.824.